The van der Waals surface area contributed by atoms with Crippen molar-refractivity contribution in [2.45, 2.75) is 58.3 Å². The van der Waals surface area contributed by atoms with Crippen molar-refractivity contribution < 1.29 is 0 Å². The standard InChI is InChI=1S/C32H42N8/c1-22(2)40-17-16-38(18-25(40)12-14-33)31-27-13-15-37(29-11-7-10-24-9-6-8-23(3)30(24)29)21-28(27)34-32(35-31)39-19-26(20-39)36(4)5/h6-11,22,25-26H,12-13,15-21H2,1-5H3. The molecule has 2 aromatic carbocycles. The van der Waals surface area contributed by atoms with Gasteiger partial charge in [0.15, 0.2) is 0 Å². The van der Waals surface area contributed by atoms with Crippen molar-refractivity contribution >= 4 is 28.2 Å². The topological polar surface area (TPSA) is 65.8 Å². The Hall–Kier alpha value is -3.41. The monoisotopic (exact) mass is 538 g/mol. The third kappa shape index (κ3) is 4.86. The predicted molar refractivity (Wildman–Crippen MR) is 163 cm³/mol. The molecule has 1 aromatic heterocycles. The van der Waals surface area contributed by atoms with Crippen molar-refractivity contribution in [3.05, 3.63) is 53.2 Å². The smallest absolute Gasteiger partial charge is 0.227 e. The number of nitrogens with zero attached hydrogens (tertiary/aromatic N) is 8. The van der Waals surface area contributed by atoms with Crippen LogP contribution in [0.2, 0.25) is 0 Å². The highest BCUT2D eigenvalue weighted by Crippen LogP contribution is 2.36. The second-order valence-corrected chi connectivity index (χ2v) is 12.2. The van der Waals surface area contributed by atoms with Crippen molar-refractivity contribution in [3.8, 4) is 6.07 Å². The number of aromatic nitrogens is 2. The Kier molecular flexibility index (Phi) is 7.28. The molecule has 6 rings (SSSR count). The summed E-state index contributed by atoms with van der Waals surface area (Å²) in [6.45, 7) is 13.0. The van der Waals surface area contributed by atoms with Gasteiger partial charge in [-0.25, -0.2) is 4.98 Å². The van der Waals surface area contributed by atoms with Crippen molar-refractivity contribution in [1.82, 2.24) is 19.8 Å². The maximum atomic E-state index is 9.59. The number of nitriles is 1. The molecule has 2 fully saturated rings. The normalized spacial score (nSPS) is 20.2. The van der Waals surface area contributed by atoms with Gasteiger partial charge in [-0.2, -0.15) is 10.2 Å². The molecule has 0 bridgehead atoms. The molecule has 0 amide bonds. The molecule has 3 aromatic rings. The zero-order valence-corrected chi connectivity index (χ0v) is 24.6. The summed E-state index contributed by atoms with van der Waals surface area (Å²) < 4.78 is 0. The molecular formula is C32H42N8. The summed E-state index contributed by atoms with van der Waals surface area (Å²) in [4.78, 5) is 22.5. The average Bonchev–Trinajstić information content (AvgIpc) is 2.91. The molecule has 1 unspecified atom stereocenters. The van der Waals surface area contributed by atoms with Gasteiger partial charge < -0.3 is 19.6 Å². The zero-order chi connectivity index (χ0) is 28.0. The van der Waals surface area contributed by atoms with Crippen LogP contribution in [-0.2, 0) is 13.0 Å². The fraction of sp³-hybridized carbons (Fsp3) is 0.531. The fourth-order valence-corrected chi connectivity index (χ4v) is 6.75. The van der Waals surface area contributed by atoms with Crippen LogP contribution in [0.25, 0.3) is 10.8 Å². The highest BCUT2D eigenvalue weighted by Gasteiger charge is 2.35. The molecule has 1 atom stereocenters. The first kappa shape index (κ1) is 26.8. The number of piperazine rings is 1. The van der Waals surface area contributed by atoms with E-state index in [1.165, 1.54) is 27.6 Å². The number of fused-ring (bicyclic) bond motifs is 2. The van der Waals surface area contributed by atoms with Crippen LogP contribution < -0.4 is 14.7 Å². The Labute approximate surface area is 238 Å². The van der Waals surface area contributed by atoms with E-state index in [9.17, 15) is 5.26 Å². The molecule has 0 saturated carbocycles. The third-order valence-electron chi connectivity index (χ3n) is 9.16. The Morgan fingerprint density at radius 1 is 0.975 bits per heavy atom. The number of aryl methyl sites for hydroxylation is 1. The van der Waals surface area contributed by atoms with Crippen molar-refractivity contribution in [3.63, 3.8) is 0 Å². The lowest BCUT2D eigenvalue weighted by molar-refractivity contribution is 0.138. The van der Waals surface area contributed by atoms with E-state index in [-0.39, 0.29) is 6.04 Å². The van der Waals surface area contributed by atoms with E-state index in [2.05, 4.69) is 102 Å². The Morgan fingerprint density at radius 3 is 2.48 bits per heavy atom. The number of anilines is 3. The second-order valence-electron chi connectivity index (χ2n) is 12.2. The van der Waals surface area contributed by atoms with Crippen LogP contribution in [0.3, 0.4) is 0 Å². The van der Waals surface area contributed by atoms with Crippen LogP contribution in [0.5, 0.6) is 0 Å². The van der Waals surface area contributed by atoms with Gasteiger partial charge in [0, 0.05) is 74.0 Å². The quantitative estimate of drug-likeness (QED) is 0.466. The molecule has 0 aliphatic carbocycles. The molecule has 210 valence electrons. The molecule has 0 N–H and O–H groups in total. The van der Waals surface area contributed by atoms with Gasteiger partial charge in [-0.15, -0.1) is 0 Å². The Morgan fingerprint density at radius 2 is 1.75 bits per heavy atom. The van der Waals surface area contributed by atoms with E-state index < -0.39 is 0 Å². The number of hydrogen-bond donors (Lipinski definition) is 0. The van der Waals surface area contributed by atoms with Gasteiger partial charge in [0.05, 0.1) is 24.7 Å². The molecule has 3 aliphatic heterocycles. The minimum absolute atomic E-state index is 0.216. The van der Waals surface area contributed by atoms with E-state index in [4.69, 9.17) is 9.97 Å². The minimum atomic E-state index is 0.216. The van der Waals surface area contributed by atoms with Gasteiger partial charge in [-0.05, 0) is 58.3 Å². The van der Waals surface area contributed by atoms with Gasteiger partial charge in [-0.1, -0.05) is 30.3 Å². The third-order valence-corrected chi connectivity index (χ3v) is 9.16. The summed E-state index contributed by atoms with van der Waals surface area (Å²) in [7, 11) is 4.30. The molecule has 8 heteroatoms. The first-order chi connectivity index (χ1) is 19.3. The van der Waals surface area contributed by atoms with E-state index in [0.29, 0.717) is 18.5 Å². The van der Waals surface area contributed by atoms with Crippen LogP contribution in [0, 0.1) is 18.3 Å². The fourth-order valence-electron chi connectivity index (χ4n) is 6.75. The predicted octanol–water partition coefficient (Wildman–Crippen LogP) is 4.06. The number of benzene rings is 2. The molecular weight excluding hydrogens is 496 g/mol. The first-order valence-corrected chi connectivity index (χ1v) is 14.8. The lowest BCUT2D eigenvalue weighted by Gasteiger charge is -2.45. The van der Waals surface area contributed by atoms with E-state index >= 15 is 0 Å². The van der Waals surface area contributed by atoms with Gasteiger partial charge >= 0.3 is 0 Å². The summed E-state index contributed by atoms with van der Waals surface area (Å²) in [5.74, 6) is 1.94. The molecule has 0 radical (unpaired) electrons. The van der Waals surface area contributed by atoms with E-state index in [0.717, 1.165) is 69.7 Å². The van der Waals surface area contributed by atoms with E-state index in [1.54, 1.807) is 0 Å². The first-order valence-electron chi connectivity index (χ1n) is 14.8. The summed E-state index contributed by atoms with van der Waals surface area (Å²) in [6, 6.07) is 16.8. The van der Waals surface area contributed by atoms with Gasteiger partial charge in [0.25, 0.3) is 0 Å². The SMILES string of the molecule is Cc1cccc2cccc(N3CCc4c(nc(N5CC(N(C)C)C5)nc4N4CCN(C(C)C)C(CC#N)C4)C3)c12. The maximum Gasteiger partial charge on any atom is 0.227 e. The van der Waals surface area contributed by atoms with Gasteiger partial charge in [-0.3, -0.25) is 4.90 Å². The Bertz CT molecular complexity index is 1420. The van der Waals surface area contributed by atoms with Crippen LogP contribution in [0.15, 0.2) is 36.4 Å². The lowest BCUT2D eigenvalue weighted by Crippen LogP contribution is -2.58. The van der Waals surface area contributed by atoms with E-state index in [1.807, 2.05) is 0 Å². The second kappa shape index (κ2) is 10.9. The highest BCUT2D eigenvalue weighted by molar-refractivity contribution is 5.97. The molecule has 8 nitrogen and oxygen atoms in total. The molecule has 40 heavy (non-hydrogen) atoms. The average molecular weight is 539 g/mol. The number of hydrogen-bond acceptors (Lipinski definition) is 8. The van der Waals surface area contributed by atoms with Crippen molar-refractivity contribution in [2.75, 3.05) is 68.1 Å². The number of likely N-dealkylation sites (N-methyl/N-ethyl adjacent to an activating group) is 1. The van der Waals surface area contributed by atoms with Crippen LogP contribution >= 0.6 is 0 Å². The van der Waals surface area contributed by atoms with Crippen LogP contribution in [0.1, 0.15) is 37.1 Å². The largest absolute Gasteiger partial charge is 0.365 e. The van der Waals surface area contributed by atoms with Gasteiger partial charge in [0.1, 0.15) is 5.82 Å². The maximum absolute atomic E-state index is 9.59. The molecule has 2 saturated heterocycles. The number of rotatable bonds is 6. The summed E-state index contributed by atoms with van der Waals surface area (Å²) in [5.41, 5.74) is 5.03. The molecule has 4 heterocycles. The van der Waals surface area contributed by atoms with Crippen molar-refractivity contribution in [1.29, 1.82) is 5.26 Å². The summed E-state index contributed by atoms with van der Waals surface area (Å²) in [6.07, 6.45) is 1.46. The van der Waals surface area contributed by atoms with Gasteiger partial charge in [0.2, 0.25) is 5.95 Å². The highest BCUT2D eigenvalue weighted by atomic mass is 15.4. The summed E-state index contributed by atoms with van der Waals surface area (Å²) >= 11 is 0. The Balaban J connectivity index is 1.36. The zero-order valence-electron chi connectivity index (χ0n) is 24.6. The van der Waals surface area contributed by atoms with Crippen LogP contribution in [-0.4, -0.2) is 91.3 Å². The molecule has 3 aliphatic rings. The van der Waals surface area contributed by atoms with Crippen molar-refractivity contribution in [2.24, 2.45) is 0 Å². The minimum Gasteiger partial charge on any atom is -0.365 e. The summed E-state index contributed by atoms with van der Waals surface area (Å²) in [5, 5.41) is 12.2. The lowest BCUT2D eigenvalue weighted by atomic mass is 9.99. The molecule has 0 spiro atoms. The van der Waals surface area contributed by atoms with Crippen LogP contribution in [0.4, 0.5) is 17.5 Å².